The van der Waals surface area contributed by atoms with Gasteiger partial charge in [-0.25, -0.2) is 0 Å². The molecular formula is C10H19N. The minimum Gasteiger partial charge on any atom is -0.314 e. The van der Waals surface area contributed by atoms with E-state index in [4.69, 9.17) is 6.42 Å². The Balaban J connectivity index is 3.16. The fourth-order valence-corrected chi connectivity index (χ4v) is 1.07. The standard InChI is InChI=1S/C10H19N/c1-4-7-8-9-11-10(5-2)6-3/h1,10-11H,5-9H2,2-3H3. The van der Waals surface area contributed by atoms with Crippen LogP contribution in [0, 0.1) is 12.3 Å². The van der Waals surface area contributed by atoms with Crippen molar-refractivity contribution in [3.8, 4) is 12.3 Å². The van der Waals surface area contributed by atoms with Crippen LogP contribution in [0.5, 0.6) is 0 Å². The van der Waals surface area contributed by atoms with Gasteiger partial charge in [0.05, 0.1) is 0 Å². The maximum Gasteiger partial charge on any atom is 0.00981 e. The van der Waals surface area contributed by atoms with Gasteiger partial charge in [-0.15, -0.1) is 12.3 Å². The molecule has 0 saturated heterocycles. The molecule has 0 aliphatic heterocycles. The third-order valence-corrected chi connectivity index (χ3v) is 1.92. The Morgan fingerprint density at radius 1 is 1.36 bits per heavy atom. The van der Waals surface area contributed by atoms with Gasteiger partial charge in [0.25, 0.3) is 0 Å². The highest BCUT2D eigenvalue weighted by molar-refractivity contribution is 4.83. The van der Waals surface area contributed by atoms with Crippen LogP contribution in [0.15, 0.2) is 0 Å². The zero-order valence-electron chi connectivity index (χ0n) is 7.69. The van der Waals surface area contributed by atoms with E-state index in [2.05, 4.69) is 25.1 Å². The van der Waals surface area contributed by atoms with Gasteiger partial charge in [-0.3, -0.25) is 0 Å². The summed E-state index contributed by atoms with van der Waals surface area (Å²) in [6.45, 7) is 5.49. The second kappa shape index (κ2) is 7.63. The van der Waals surface area contributed by atoms with Gasteiger partial charge in [-0.1, -0.05) is 13.8 Å². The van der Waals surface area contributed by atoms with E-state index in [0.717, 1.165) is 19.4 Å². The molecule has 0 amide bonds. The molecule has 0 bridgehead atoms. The lowest BCUT2D eigenvalue weighted by molar-refractivity contribution is 0.481. The molecule has 0 spiro atoms. The van der Waals surface area contributed by atoms with Gasteiger partial charge in [0.2, 0.25) is 0 Å². The van der Waals surface area contributed by atoms with E-state index in [1.165, 1.54) is 12.8 Å². The average molecular weight is 153 g/mol. The molecule has 0 aromatic rings. The third kappa shape index (κ3) is 5.94. The SMILES string of the molecule is C#CCCCNC(CC)CC. The maximum atomic E-state index is 5.13. The van der Waals surface area contributed by atoms with E-state index in [1.54, 1.807) is 0 Å². The van der Waals surface area contributed by atoms with Crippen LogP contribution in [-0.4, -0.2) is 12.6 Å². The van der Waals surface area contributed by atoms with Gasteiger partial charge >= 0.3 is 0 Å². The summed E-state index contributed by atoms with van der Waals surface area (Å²) in [4.78, 5) is 0. The van der Waals surface area contributed by atoms with E-state index in [0.29, 0.717) is 6.04 Å². The van der Waals surface area contributed by atoms with Crippen molar-refractivity contribution < 1.29 is 0 Å². The molecule has 0 saturated carbocycles. The summed E-state index contributed by atoms with van der Waals surface area (Å²) in [5.41, 5.74) is 0. The van der Waals surface area contributed by atoms with E-state index >= 15 is 0 Å². The van der Waals surface area contributed by atoms with Crippen molar-refractivity contribution >= 4 is 0 Å². The van der Waals surface area contributed by atoms with Crippen molar-refractivity contribution in [2.75, 3.05) is 6.54 Å². The van der Waals surface area contributed by atoms with Crippen LogP contribution in [0.4, 0.5) is 0 Å². The van der Waals surface area contributed by atoms with Crippen molar-refractivity contribution in [1.82, 2.24) is 5.32 Å². The first-order valence-electron chi connectivity index (χ1n) is 4.52. The number of unbranched alkanes of at least 4 members (excludes halogenated alkanes) is 1. The van der Waals surface area contributed by atoms with Crippen LogP contribution in [-0.2, 0) is 0 Å². The Morgan fingerprint density at radius 3 is 2.45 bits per heavy atom. The van der Waals surface area contributed by atoms with E-state index < -0.39 is 0 Å². The second-order valence-corrected chi connectivity index (χ2v) is 2.78. The molecule has 0 rings (SSSR count). The average Bonchev–Trinajstić information content (AvgIpc) is 2.05. The van der Waals surface area contributed by atoms with E-state index in [1.807, 2.05) is 0 Å². The fourth-order valence-electron chi connectivity index (χ4n) is 1.07. The molecular weight excluding hydrogens is 134 g/mol. The molecule has 64 valence electrons. The number of rotatable bonds is 6. The first kappa shape index (κ1) is 10.5. The largest absolute Gasteiger partial charge is 0.314 e. The molecule has 0 fully saturated rings. The predicted octanol–water partition coefficient (Wildman–Crippen LogP) is 2.18. The van der Waals surface area contributed by atoms with Crippen LogP contribution in [0.25, 0.3) is 0 Å². The molecule has 0 aromatic heterocycles. The van der Waals surface area contributed by atoms with Crippen LogP contribution in [0.1, 0.15) is 39.5 Å². The molecule has 11 heavy (non-hydrogen) atoms. The number of nitrogens with one attached hydrogen (secondary N) is 1. The van der Waals surface area contributed by atoms with Crippen molar-refractivity contribution in [2.45, 2.75) is 45.6 Å². The van der Waals surface area contributed by atoms with Crippen LogP contribution in [0.3, 0.4) is 0 Å². The first-order chi connectivity index (χ1) is 5.35. The summed E-state index contributed by atoms with van der Waals surface area (Å²) in [7, 11) is 0. The van der Waals surface area contributed by atoms with Gasteiger partial charge in [-0.05, 0) is 25.8 Å². The Bertz CT molecular complexity index is 109. The summed E-state index contributed by atoms with van der Waals surface area (Å²) >= 11 is 0. The van der Waals surface area contributed by atoms with E-state index in [-0.39, 0.29) is 0 Å². The monoisotopic (exact) mass is 153 g/mol. The molecule has 0 radical (unpaired) electrons. The van der Waals surface area contributed by atoms with Crippen LogP contribution >= 0.6 is 0 Å². The minimum absolute atomic E-state index is 0.688. The van der Waals surface area contributed by atoms with Crippen LogP contribution in [0.2, 0.25) is 0 Å². The lowest BCUT2D eigenvalue weighted by Crippen LogP contribution is -2.28. The lowest BCUT2D eigenvalue weighted by atomic mass is 10.1. The highest BCUT2D eigenvalue weighted by atomic mass is 14.9. The highest BCUT2D eigenvalue weighted by Gasteiger charge is 1.99. The summed E-state index contributed by atoms with van der Waals surface area (Å²) < 4.78 is 0. The van der Waals surface area contributed by atoms with Gasteiger partial charge < -0.3 is 5.32 Å². The number of terminal acetylenes is 1. The molecule has 1 nitrogen and oxygen atoms in total. The molecule has 0 aromatic carbocycles. The molecule has 0 heterocycles. The molecule has 0 unspecified atom stereocenters. The summed E-state index contributed by atoms with van der Waals surface area (Å²) in [6, 6.07) is 0.688. The Morgan fingerprint density at radius 2 is 2.00 bits per heavy atom. The molecule has 0 aliphatic carbocycles. The van der Waals surface area contributed by atoms with E-state index in [9.17, 15) is 0 Å². The van der Waals surface area contributed by atoms with Crippen molar-refractivity contribution in [3.63, 3.8) is 0 Å². The lowest BCUT2D eigenvalue weighted by Gasteiger charge is -2.13. The predicted molar refractivity (Wildman–Crippen MR) is 50.4 cm³/mol. The molecule has 0 atom stereocenters. The number of hydrogen-bond donors (Lipinski definition) is 1. The van der Waals surface area contributed by atoms with Crippen LogP contribution < -0.4 is 5.32 Å². The van der Waals surface area contributed by atoms with Gasteiger partial charge in [-0.2, -0.15) is 0 Å². The van der Waals surface area contributed by atoms with Gasteiger partial charge in [0.15, 0.2) is 0 Å². The van der Waals surface area contributed by atoms with Gasteiger partial charge in [0.1, 0.15) is 0 Å². The third-order valence-electron chi connectivity index (χ3n) is 1.92. The Labute approximate surface area is 70.6 Å². The minimum atomic E-state index is 0.688. The van der Waals surface area contributed by atoms with Gasteiger partial charge in [0, 0.05) is 12.5 Å². The molecule has 0 aliphatic rings. The topological polar surface area (TPSA) is 12.0 Å². The normalized spacial score (nSPS) is 10.0. The quantitative estimate of drug-likeness (QED) is 0.455. The first-order valence-corrected chi connectivity index (χ1v) is 4.52. The van der Waals surface area contributed by atoms with Crippen molar-refractivity contribution in [2.24, 2.45) is 0 Å². The molecule has 1 heteroatoms. The number of hydrogen-bond acceptors (Lipinski definition) is 1. The zero-order valence-corrected chi connectivity index (χ0v) is 7.69. The Hall–Kier alpha value is -0.480. The van der Waals surface area contributed by atoms with Crippen molar-refractivity contribution in [1.29, 1.82) is 0 Å². The van der Waals surface area contributed by atoms with Crippen molar-refractivity contribution in [3.05, 3.63) is 0 Å². The summed E-state index contributed by atoms with van der Waals surface area (Å²) in [5, 5.41) is 3.46. The summed E-state index contributed by atoms with van der Waals surface area (Å²) in [5.74, 6) is 2.64. The smallest absolute Gasteiger partial charge is 0.00981 e. The second-order valence-electron chi connectivity index (χ2n) is 2.78. The summed E-state index contributed by atoms with van der Waals surface area (Å²) in [6.07, 6.45) is 9.56. The Kier molecular flexibility index (Phi) is 7.29. The molecule has 1 N–H and O–H groups in total. The fraction of sp³-hybridized carbons (Fsp3) is 0.800. The maximum absolute atomic E-state index is 5.13. The highest BCUT2D eigenvalue weighted by Crippen LogP contribution is 1.96. The zero-order chi connectivity index (χ0) is 8.53.